The average Bonchev–Trinajstić information content (AvgIpc) is 2.23. The Bertz CT molecular complexity index is 73.8. The number of aliphatic hydroxyl groups is 1. The maximum absolute atomic E-state index is 7.00. The second-order valence-corrected chi connectivity index (χ2v) is 1.00. The number of hydrogen-bond acceptors (Lipinski definition) is 1. The van der Waals surface area contributed by atoms with Gasteiger partial charge in [-0.1, -0.05) is 0 Å². The van der Waals surface area contributed by atoms with Gasteiger partial charge < -0.3 is 29.9 Å². The first-order valence-electron chi connectivity index (χ1n) is 2.16. The largest absolute Gasteiger partial charge is 1.00 e. The second kappa shape index (κ2) is 22.5. The molecular weight excluding hydrogens is 337 g/mol. The third kappa shape index (κ3) is 16.0. The van der Waals surface area contributed by atoms with Gasteiger partial charge in [0.15, 0.2) is 0 Å². The van der Waals surface area contributed by atoms with Crippen molar-refractivity contribution in [3.8, 4) is 0 Å². The normalized spacial score (nSPS) is 9.40. The van der Waals surface area contributed by atoms with Crippen LogP contribution in [0.15, 0.2) is 18.2 Å². The summed E-state index contributed by atoms with van der Waals surface area (Å²) in [5, 5.41) is 7.00. The van der Waals surface area contributed by atoms with Crippen molar-refractivity contribution in [1.82, 2.24) is 0 Å². The Kier molecular flexibility index (Phi) is 50.6. The van der Waals surface area contributed by atoms with Gasteiger partial charge in [-0.3, -0.25) is 6.08 Å². The SMILES string of the molecule is CO.[C-]1=CC=CC1.[Cl-].[Cl-].[Hf]. The van der Waals surface area contributed by atoms with Crippen LogP contribution in [-0.2, 0) is 25.8 Å². The summed E-state index contributed by atoms with van der Waals surface area (Å²) >= 11 is 0. The van der Waals surface area contributed by atoms with Crippen molar-refractivity contribution in [2.45, 2.75) is 6.42 Å². The van der Waals surface area contributed by atoms with Gasteiger partial charge in [0.25, 0.3) is 0 Å². The van der Waals surface area contributed by atoms with Crippen LogP contribution in [0.2, 0.25) is 0 Å². The Labute approximate surface area is 93.2 Å². The molecule has 1 rings (SSSR count). The molecule has 0 bridgehead atoms. The summed E-state index contributed by atoms with van der Waals surface area (Å²) in [6, 6.07) is 0. The van der Waals surface area contributed by atoms with Gasteiger partial charge in [0, 0.05) is 33.0 Å². The Hall–Kier alpha value is 0.890. The van der Waals surface area contributed by atoms with Gasteiger partial charge in [-0.2, -0.15) is 6.08 Å². The standard InChI is InChI=1S/C5H5.CH4O.2ClH.Hf/c1-2-4-5-3-1;1-2;;;/h1-3H,4H2;2H,1H3;2*1H;/q-1;;;;/p-2. The van der Waals surface area contributed by atoms with Gasteiger partial charge in [-0.15, -0.1) is 6.42 Å². The van der Waals surface area contributed by atoms with Crippen molar-refractivity contribution >= 4 is 0 Å². The molecule has 0 aromatic rings. The molecule has 0 aliphatic heterocycles. The van der Waals surface area contributed by atoms with Crippen molar-refractivity contribution in [3.63, 3.8) is 0 Å². The van der Waals surface area contributed by atoms with Crippen molar-refractivity contribution in [2.75, 3.05) is 7.11 Å². The molecule has 0 radical (unpaired) electrons. The van der Waals surface area contributed by atoms with E-state index in [0.717, 1.165) is 13.5 Å². The van der Waals surface area contributed by atoms with E-state index < -0.39 is 0 Å². The molecule has 1 aliphatic carbocycles. The molecule has 0 unspecified atom stereocenters. The van der Waals surface area contributed by atoms with Crippen molar-refractivity contribution in [3.05, 3.63) is 24.3 Å². The zero-order valence-corrected chi connectivity index (χ0v) is 10.7. The van der Waals surface area contributed by atoms with E-state index in [1.807, 2.05) is 12.2 Å². The van der Waals surface area contributed by atoms with Crippen LogP contribution in [0.3, 0.4) is 0 Å². The zero-order valence-electron chi connectivity index (χ0n) is 5.64. The monoisotopic (exact) mass is 347 g/mol. The molecule has 1 N–H and O–H groups in total. The van der Waals surface area contributed by atoms with E-state index in [2.05, 4.69) is 12.2 Å². The Morgan fingerprint density at radius 1 is 1.30 bits per heavy atom. The summed E-state index contributed by atoms with van der Waals surface area (Å²) in [6.07, 6.45) is 10.0. The molecule has 0 saturated heterocycles. The number of halogens is 2. The van der Waals surface area contributed by atoms with Gasteiger partial charge >= 0.3 is 0 Å². The Morgan fingerprint density at radius 2 is 1.80 bits per heavy atom. The predicted molar refractivity (Wildman–Crippen MR) is 29.7 cm³/mol. The average molecular weight is 347 g/mol. The molecule has 0 saturated carbocycles. The molecular formula is C6H9Cl2HfO-3. The van der Waals surface area contributed by atoms with Crippen LogP contribution in [0.1, 0.15) is 6.42 Å². The fourth-order valence-corrected chi connectivity index (χ4v) is 0.340. The molecule has 0 heterocycles. The first-order chi connectivity index (χ1) is 3.50. The minimum atomic E-state index is 0. The fourth-order valence-electron chi connectivity index (χ4n) is 0.340. The third-order valence-electron chi connectivity index (χ3n) is 0.586. The third-order valence-corrected chi connectivity index (χ3v) is 0.586. The summed E-state index contributed by atoms with van der Waals surface area (Å²) in [6.45, 7) is 0. The van der Waals surface area contributed by atoms with Crippen molar-refractivity contribution in [1.29, 1.82) is 0 Å². The number of allylic oxidation sites excluding steroid dienone is 4. The molecule has 1 aliphatic rings. The van der Waals surface area contributed by atoms with E-state index in [1.54, 1.807) is 0 Å². The van der Waals surface area contributed by atoms with Crippen LogP contribution in [0.5, 0.6) is 0 Å². The van der Waals surface area contributed by atoms with Crippen LogP contribution in [-0.4, -0.2) is 12.2 Å². The summed E-state index contributed by atoms with van der Waals surface area (Å²) in [7, 11) is 1.00. The molecule has 60 valence electrons. The summed E-state index contributed by atoms with van der Waals surface area (Å²) < 4.78 is 0. The first kappa shape index (κ1) is 22.4. The fraction of sp³-hybridized carbons (Fsp3) is 0.333. The van der Waals surface area contributed by atoms with Gasteiger partial charge in [0.2, 0.25) is 0 Å². The topological polar surface area (TPSA) is 20.2 Å². The van der Waals surface area contributed by atoms with Crippen LogP contribution in [0, 0.1) is 6.08 Å². The molecule has 1 nitrogen and oxygen atoms in total. The molecule has 0 fully saturated rings. The molecule has 4 heteroatoms. The smallest absolute Gasteiger partial charge is 0.0319 e. The van der Waals surface area contributed by atoms with Gasteiger partial charge in [-0.25, -0.2) is 12.2 Å². The van der Waals surface area contributed by atoms with Gasteiger partial charge in [0.1, 0.15) is 0 Å². The van der Waals surface area contributed by atoms with Crippen LogP contribution >= 0.6 is 0 Å². The van der Waals surface area contributed by atoms with E-state index in [4.69, 9.17) is 5.11 Å². The van der Waals surface area contributed by atoms with E-state index in [-0.39, 0.29) is 50.7 Å². The van der Waals surface area contributed by atoms with Crippen molar-refractivity contribution in [2.24, 2.45) is 0 Å². The molecule has 0 aromatic heterocycles. The maximum Gasteiger partial charge on any atom is 0.0319 e. The number of aliphatic hydroxyl groups excluding tert-OH is 1. The molecule has 0 spiro atoms. The Morgan fingerprint density at radius 3 is 1.90 bits per heavy atom. The van der Waals surface area contributed by atoms with E-state index >= 15 is 0 Å². The molecule has 0 aromatic carbocycles. The molecule has 0 atom stereocenters. The quantitative estimate of drug-likeness (QED) is 0.344. The number of hydrogen-bond donors (Lipinski definition) is 1. The predicted octanol–water partition coefficient (Wildman–Crippen LogP) is -5.08. The summed E-state index contributed by atoms with van der Waals surface area (Å²) in [5.74, 6) is 0. The van der Waals surface area contributed by atoms with Crippen molar-refractivity contribution < 1.29 is 55.8 Å². The first-order valence-corrected chi connectivity index (χ1v) is 2.16. The maximum atomic E-state index is 7.00. The molecule has 0 amide bonds. The summed E-state index contributed by atoms with van der Waals surface area (Å²) in [4.78, 5) is 0. The summed E-state index contributed by atoms with van der Waals surface area (Å²) in [5.41, 5.74) is 0. The van der Waals surface area contributed by atoms with Gasteiger partial charge in [0.05, 0.1) is 0 Å². The second-order valence-electron chi connectivity index (χ2n) is 1.00. The minimum absolute atomic E-state index is 0. The zero-order chi connectivity index (χ0) is 5.54. The molecule has 10 heavy (non-hydrogen) atoms. The van der Waals surface area contributed by atoms with E-state index in [0.29, 0.717) is 0 Å². The minimum Gasteiger partial charge on any atom is -1.00 e. The number of rotatable bonds is 0. The van der Waals surface area contributed by atoms with Crippen LogP contribution < -0.4 is 24.8 Å². The van der Waals surface area contributed by atoms with Crippen LogP contribution in [0.25, 0.3) is 0 Å². The van der Waals surface area contributed by atoms with Crippen LogP contribution in [0.4, 0.5) is 0 Å². The Balaban J connectivity index is -0.0000000337. The van der Waals surface area contributed by atoms with E-state index in [1.165, 1.54) is 0 Å². The van der Waals surface area contributed by atoms with E-state index in [9.17, 15) is 0 Å². The van der Waals surface area contributed by atoms with Gasteiger partial charge in [-0.05, 0) is 0 Å².